The van der Waals surface area contributed by atoms with Crippen molar-refractivity contribution in [2.45, 2.75) is 9.79 Å². The quantitative estimate of drug-likeness (QED) is 0.436. The van der Waals surface area contributed by atoms with Crippen LogP contribution in [-0.2, 0) is 20.0 Å². The summed E-state index contributed by atoms with van der Waals surface area (Å²) in [5.41, 5.74) is -0.362. The van der Waals surface area contributed by atoms with Gasteiger partial charge in [0.1, 0.15) is 10.6 Å². The van der Waals surface area contributed by atoms with Crippen LogP contribution in [0.3, 0.4) is 0 Å². The highest BCUT2D eigenvalue weighted by Gasteiger charge is 2.23. The molecule has 0 spiro atoms. The highest BCUT2D eigenvalue weighted by molar-refractivity contribution is 7.90. The average molecular weight is 392 g/mol. The van der Waals surface area contributed by atoms with Crippen LogP contribution in [0.2, 0.25) is 5.02 Å². The minimum atomic E-state index is -4.49. The number of benzene rings is 2. The van der Waals surface area contributed by atoms with Crippen molar-refractivity contribution in [1.29, 1.82) is 0 Å². The number of hydrogen-bond acceptors (Lipinski definition) is 7. The van der Waals surface area contributed by atoms with E-state index >= 15 is 0 Å². The number of sulfone groups is 1. The van der Waals surface area contributed by atoms with E-state index in [1.165, 1.54) is 12.1 Å². The highest BCUT2D eigenvalue weighted by atomic mass is 35.5. The fourth-order valence-corrected chi connectivity index (χ4v) is 3.87. The van der Waals surface area contributed by atoms with E-state index in [0.29, 0.717) is 0 Å². The zero-order chi connectivity index (χ0) is 18.1. The van der Waals surface area contributed by atoms with Gasteiger partial charge in [0.25, 0.3) is 5.69 Å². The standard InChI is InChI=1S/C13H10ClNO7S2/c1-23(18,19)11-5-6-12(14)13(8-11)24(20,21)22-10-4-2-3-9(7-10)15(16)17/h2-8H,1H3. The Morgan fingerprint density at radius 3 is 2.33 bits per heavy atom. The van der Waals surface area contributed by atoms with Gasteiger partial charge in [0, 0.05) is 12.3 Å². The Bertz CT molecular complexity index is 1020. The lowest BCUT2D eigenvalue weighted by Gasteiger charge is -2.09. The van der Waals surface area contributed by atoms with Gasteiger partial charge in [0.15, 0.2) is 9.84 Å². The van der Waals surface area contributed by atoms with E-state index in [1.807, 2.05) is 0 Å². The normalized spacial score (nSPS) is 11.9. The number of non-ortho nitro benzene ring substituents is 1. The molecule has 0 aliphatic rings. The predicted octanol–water partition coefficient (Wildman–Crippen LogP) is 2.42. The van der Waals surface area contributed by atoms with Gasteiger partial charge in [0.05, 0.1) is 20.9 Å². The third-order valence-electron chi connectivity index (χ3n) is 2.83. The summed E-state index contributed by atoms with van der Waals surface area (Å²) >= 11 is 5.82. The molecule has 0 atom stereocenters. The van der Waals surface area contributed by atoms with Gasteiger partial charge in [-0.2, -0.15) is 8.42 Å². The van der Waals surface area contributed by atoms with Gasteiger partial charge in [-0.15, -0.1) is 0 Å². The highest BCUT2D eigenvalue weighted by Crippen LogP contribution is 2.28. The van der Waals surface area contributed by atoms with E-state index in [-0.39, 0.29) is 21.4 Å². The van der Waals surface area contributed by atoms with Gasteiger partial charge in [-0.05, 0) is 24.3 Å². The van der Waals surface area contributed by atoms with Crippen LogP contribution in [0.5, 0.6) is 5.75 Å². The number of nitrogens with zero attached hydrogens (tertiary/aromatic N) is 1. The molecule has 128 valence electrons. The summed E-state index contributed by atoms with van der Waals surface area (Å²) in [6.45, 7) is 0. The summed E-state index contributed by atoms with van der Waals surface area (Å²) in [4.78, 5) is 9.19. The lowest BCUT2D eigenvalue weighted by atomic mass is 10.3. The van der Waals surface area contributed by atoms with Crippen LogP contribution in [0, 0.1) is 10.1 Å². The molecule has 2 aromatic carbocycles. The summed E-state index contributed by atoms with van der Waals surface area (Å²) in [5, 5.41) is 10.5. The largest absolute Gasteiger partial charge is 0.379 e. The van der Waals surface area contributed by atoms with Gasteiger partial charge in [-0.1, -0.05) is 17.7 Å². The smallest absolute Gasteiger partial charge is 0.340 e. The van der Waals surface area contributed by atoms with Gasteiger partial charge < -0.3 is 4.18 Å². The Morgan fingerprint density at radius 1 is 1.08 bits per heavy atom. The van der Waals surface area contributed by atoms with Crippen LogP contribution in [0.15, 0.2) is 52.3 Å². The average Bonchev–Trinajstić information content (AvgIpc) is 2.46. The Balaban J connectivity index is 2.48. The molecule has 0 aromatic heterocycles. The van der Waals surface area contributed by atoms with Gasteiger partial charge in [0.2, 0.25) is 0 Å². The molecule has 0 bridgehead atoms. The molecule has 2 rings (SSSR count). The molecular weight excluding hydrogens is 382 g/mol. The molecule has 0 heterocycles. The molecule has 0 N–H and O–H groups in total. The molecule has 0 saturated heterocycles. The minimum Gasteiger partial charge on any atom is -0.379 e. The molecule has 0 radical (unpaired) electrons. The second-order valence-electron chi connectivity index (χ2n) is 4.66. The first-order chi connectivity index (χ1) is 11.0. The summed E-state index contributed by atoms with van der Waals surface area (Å²) < 4.78 is 52.5. The summed E-state index contributed by atoms with van der Waals surface area (Å²) in [7, 11) is -8.15. The van der Waals surface area contributed by atoms with Crippen molar-refractivity contribution in [3.8, 4) is 5.75 Å². The van der Waals surface area contributed by atoms with Crippen LogP contribution in [0.1, 0.15) is 0 Å². The maximum Gasteiger partial charge on any atom is 0.340 e. The first-order valence-electron chi connectivity index (χ1n) is 6.19. The lowest BCUT2D eigenvalue weighted by molar-refractivity contribution is -0.384. The molecule has 0 unspecified atom stereocenters. The van der Waals surface area contributed by atoms with Crippen molar-refractivity contribution in [3.05, 3.63) is 57.6 Å². The van der Waals surface area contributed by atoms with Crippen LogP contribution in [0.25, 0.3) is 0 Å². The van der Waals surface area contributed by atoms with Crippen LogP contribution < -0.4 is 4.18 Å². The van der Waals surface area contributed by atoms with E-state index in [4.69, 9.17) is 15.8 Å². The Hall–Kier alpha value is -2.17. The summed E-state index contributed by atoms with van der Waals surface area (Å²) in [5.74, 6) is -0.301. The topological polar surface area (TPSA) is 121 Å². The van der Waals surface area contributed by atoms with Gasteiger partial charge >= 0.3 is 10.1 Å². The first kappa shape index (κ1) is 18.2. The van der Waals surface area contributed by atoms with Crippen molar-refractivity contribution < 1.29 is 25.9 Å². The zero-order valence-corrected chi connectivity index (χ0v) is 14.4. The molecule has 0 saturated carbocycles. The third kappa shape index (κ3) is 4.02. The Morgan fingerprint density at radius 2 is 1.75 bits per heavy atom. The van der Waals surface area contributed by atoms with Gasteiger partial charge in [-0.25, -0.2) is 8.42 Å². The second kappa shape index (κ2) is 6.38. The van der Waals surface area contributed by atoms with Gasteiger partial charge in [-0.3, -0.25) is 10.1 Å². The molecule has 0 aliphatic carbocycles. The van der Waals surface area contributed by atoms with E-state index in [0.717, 1.165) is 36.6 Å². The van der Waals surface area contributed by atoms with Crippen molar-refractivity contribution in [1.82, 2.24) is 0 Å². The molecule has 24 heavy (non-hydrogen) atoms. The zero-order valence-electron chi connectivity index (χ0n) is 12.0. The van der Waals surface area contributed by atoms with Crippen LogP contribution in [-0.4, -0.2) is 28.0 Å². The Labute approximate surface area is 142 Å². The number of rotatable bonds is 5. The molecule has 0 aliphatic heterocycles. The lowest BCUT2D eigenvalue weighted by Crippen LogP contribution is -2.11. The van der Waals surface area contributed by atoms with Crippen LogP contribution in [0.4, 0.5) is 5.69 Å². The fraction of sp³-hybridized carbons (Fsp3) is 0.0769. The maximum atomic E-state index is 12.3. The fourth-order valence-electron chi connectivity index (χ4n) is 1.73. The van der Waals surface area contributed by atoms with Crippen LogP contribution >= 0.6 is 11.6 Å². The van der Waals surface area contributed by atoms with E-state index < -0.39 is 29.8 Å². The van der Waals surface area contributed by atoms with Crippen molar-refractivity contribution in [2.24, 2.45) is 0 Å². The second-order valence-corrected chi connectivity index (χ2v) is 8.59. The van der Waals surface area contributed by atoms with Crippen molar-refractivity contribution in [3.63, 3.8) is 0 Å². The maximum absolute atomic E-state index is 12.3. The van der Waals surface area contributed by atoms with Crippen molar-refractivity contribution >= 4 is 37.2 Å². The predicted molar refractivity (Wildman–Crippen MR) is 85.5 cm³/mol. The number of nitro groups is 1. The van der Waals surface area contributed by atoms with E-state index in [9.17, 15) is 26.9 Å². The molecule has 0 fully saturated rings. The Kier molecular flexibility index (Phi) is 4.83. The monoisotopic (exact) mass is 391 g/mol. The SMILES string of the molecule is CS(=O)(=O)c1ccc(Cl)c(S(=O)(=O)Oc2cccc([N+](=O)[O-])c2)c1. The van der Waals surface area contributed by atoms with Crippen molar-refractivity contribution in [2.75, 3.05) is 6.26 Å². The van der Waals surface area contributed by atoms with E-state index in [1.54, 1.807) is 0 Å². The number of nitro benzene ring substituents is 1. The molecular formula is C13H10ClNO7S2. The molecule has 0 amide bonds. The third-order valence-corrected chi connectivity index (χ3v) is 5.67. The minimum absolute atomic E-state index is 0.243. The summed E-state index contributed by atoms with van der Waals surface area (Å²) in [6, 6.07) is 7.68. The summed E-state index contributed by atoms with van der Waals surface area (Å²) in [6.07, 6.45) is 0.911. The molecule has 8 nitrogen and oxygen atoms in total. The van der Waals surface area contributed by atoms with E-state index in [2.05, 4.69) is 0 Å². The number of halogens is 1. The molecule has 11 heteroatoms. The number of hydrogen-bond donors (Lipinski definition) is 0. The molecule has 2 aromatic rings. The first-order valence-corrected chi connectivity index (χ1v) is 9.87.